The van der Waals surface area contributed by atoms with Gasteiger partial charge in [0.2, 0.25) is 5.91 Å². The van der Waals surface area contributed by atoms with E-state index in [4.69, 9.17) is 9.79 Å². The zero-order valence-corrected chi connectivity index (χ0v) is 22.1. The van der Waals surface area contributed by atoms with Crippen molar-refractivity contribution in [2.24, 2.45) is 11.8 Å². The topological polar surface area (TPSA) is 267 Å². The summed E-state index contributed by atoms with van der Waals surface area (Å²) in [5, 5.41) is 41.1. The van der Waals surface area contributed by atoms with Crippen LogP contribution in [0.1, 0.15) is 26.7 Å². The van der Waals surface area contributed by atoms with Gasteiger partial charge in [-0.3, -0.25) is 24.9 Å². The second kappa shape index (κ2) is 13.4. The molecule has 194 valence electrons. The Kier molecular flexibility index (Phi) is 13.3. The number of carbonyl (C=O) groups is 2. The fraction of sp³-hybridized carbons (Fsp3) is 0.882. The average Bonchev–Trinajstić information content (AvgIpc) is 2.67. The summed E-state index contributed by atoms with van der Waals surface area (Å²) in [6.07, 6.45) is -4.84. The van der Waals surface area contributed by atoms with Crippen LogP contribution < -0.4 is 50.6 Å². The Hall–Kier alpha value is -0.230. The van der Waals surface area contributed by atoms with E-state index in [2.05, 4.69) is 34.3 Å². The van der Waals surface area contributed by atoms with E-state index in [1.54, 1.807) is 4.90 Å². The number of hydrogen-bond donors (Lipinski definition) is 7. The van der Waals surface area contributed by atoms with Crippen LogP contribution in [-0.4, -0.2) is 104 Å². The van der Waals surface area contributed by atoms with Crippen molar-refractivity contribution in [3.8, 4) is 0 Å². The van der Waals surface area contributed by atoms with Crippen LogP contribution in [0.2, 0.25) is 0 Å². The number of phosphoric acid groups is 1. The van der Waals surface area contributed by atoms with Crippen molar-refractivity contribution >= 4 is 19.8 Å². The van der Waals surface area contributed by atoms with Crippen LogP contribution in [0.5, 0.6) is 0 Å². The third-order valence-corrected chi connectivity index (χ3v) is 7.03. The molecule has 0 aromatic rings. The Morgan fingerprint density at radius 3 is 2.35 bits per heavy atom. The van der Waals surface area contributed by atoms with E-state index in [1.807, 2.05) is 0 Å². The van der Waals surface area contributed by atoms with Gasteiger partial charge in [-0.15, -0.1) is 0 Å². The van der Waals surface area contributed by atoms with E-state index in [0.717, 1.165) is 6.42 Å². The molecular weight excluding hydrogens is 490 g/mol. The summed E-state index contributed by atoms with van der Waals surface area (Å²) in [4.78, 5) is 43.4. The molecule has 2 saturated heterocycles. The van der Waals surface area contributed by atoms with Gasteiger partial charge >= 0.3 is 43.4 Å². The molecule has 17 heteroatoms. The Bertz CT molecular complexity index is 746. The molecule has 0 bridgehead atoms. The monoisotopic (exact) mass is 524 g/mol. The smallest absolute Gasteiger partial charge is 0.849 e. The quantitative estimate of drug-likeness (QED) is 0.121. The van der Waals surface area contributed by atoms with E-state index in [-0.39, 0.29) is 59.1 Å². The number of urea groups is 1. The maximum atomic E-state index is 12.8. The zero-order valence-electron chi connectivity index (χ0n) is 19.2. The standard InChI is InChI=1S/C17H30N4O9P.Na.2H2O/c1-7-3-9-10(4-8(7)2)21(15-13(18-9)16(25)20-17(26)19-15)5-11(22)14(24)12(23)6-30-31(27,28)29;;;/h7-15,18,23-24H,3-6H2,1-2H3,(H2,27,28,29)(H2,19,20,25,26);;2*1H2/q-1;+1;;/t7?,8?,9?,10?,11-,12+,13?,14-,15?;;;/m1.../s1. The molecule has 34 heavy (non-hydrogen) atoms. The minimum absolute atomic E-state index is 0. The van der Waals surface area contributed by atoms with Crippen LogP contribution in [0.3, 0.4) is 0 Å². The first kappa shape index (κ1) is 33.8. The molecule has 6 unspecified atom stereocenters. The molecule has 2 aliphatic heterocycles. The number of piperazine rings is 1. The van der Waals surface area contributed by atoms with Crippen LogP contribution in [0.25, 0.3) is 0 Å². The average molecular weight is 524 g/mol. The number of rotatable bonds is 7. The number of phosphoric ester groups is 1. The predicted molar refractivity (Wildman–Crippen MR) is 110 cm³/mol. The van der Waals surface area contributed by atoms with Crippen molar-refractivity contribution < 1.29 is 84.3 Å². The first-order valence-corrected chi connectivity index (χ1v) is 11.8. The fourth-order valence-corrected chi connectivity index (χ4v) is 5.01. The molecular formula is C17H34N4NaO11P. The number of nitrogens with zero attached hydrogens (tertiary/aromatic N) is 1. The molecule has 0 spiro atoms. The van der Waals surface area contributed by atoms with Crippen molar-refractivity contribution in [3.05, 3.63) is 0 Å². The van der Waals surface area contributed by atoms with Crippen LogP contribution >= 0.6 is 7.82 Å². The third kappa shape index (κ3) is 7.88. The number of carbonyl (C=O) groups excluding carboxylic acids is 2. The van der Waals surface area contributed by atoms with Crippen LogP contribution in [0.4, 0.5) is 4.79 Å². The molecule has 0 aromatic heterocycles. The molecule has 3 fully saturated rings. The normalized spacial score (nSPS) is 33.9. The van der Waals surface area contributed by atoms with E-state index in [1.165, 1.54) is 0 Å². The van der Waals surface area contributed by atoms with Crippen LogP contribution in [0, 0.1) is 11.8 Å². The van der Waals surface area contributed by atoms with Crippen molar-refractivity contribution in [3.63, 3.8) is 0 Å². The maximum Gasteiger partial charge on any atom is 1.00 e. The maximum absolute atomic E-state index is 12.8. The van der Waals surface area contributed by atoms with Gasteiger partial charge in [0, 0.05) is 12.1 Å². The van der Waals surface area contributed by atoms with E-state index in [0.29, 0.717) is 18.3 Å². The molecule has 0 aromatic carbocycles. The summed E-state index contributed by atoms with van der Waals surface area (Å²) < 4.78 is 14.9. The van der Waals surface area contributed by atoms with Gasteiger partial charge in [0.15, 0.2) is 0 Å². The Morgan fingerprint density at radius 2 is 1.76 bits per heavy atom. The summed E-state index contributed by atoms with van der Waals surface area (Å²) in [5.41, 5.74) is 0. The van der Waals surface area contributed by atoms with Gasteiger partial charge in [0.05, 0.1) is 12.7 Å². The number of amides is 3. The van der Waals surface area contributed by atoms with Gasteiger partial charge in [0.1, 0.15) is 18.3 Å². The first-order chi connectivity index (χ1) is 14.4. The van der Waals surface area contributed by atoms with Gasteiger partial charge in [0.25, 0.3) is 0 Å². The minimum atomic E-state index is -4.87. The van der Waals surface area contributed by atoms with Gasteiger partial charge in [-0.05, 0) is 31.2 Å². The van der Waals surface area contributed by atoms with Crippen LogP contribution in [-0.2, 0) is 13.9 Å². The van der Waals surface area contributed by atoms with Crippen molar-refractivity contribution in [2.75, 3.05) is 13.2 Å². The molecule has 1 saturated carbocycles. The van der Waals surface area contributed by atoms with Crippen molar-refractivity contribution in [1.82, 2.24) is 20.9 Å². The molecule has 2 heterocycles. The summed E-state index contributed by atoms with van der Waals surface area (Å²) >= 11 is 0. The zero-order chi connectivity index (χ0) is 23.1. The summed E-state index contributed by atoms with van der Waals surface area (Å²) in [5.74, 6) is 0.197. The van der Waals surface area contributed by atoms with Crippen molar-refractivity contribution in [2.45, 2.75) is 69.3 Å². The number of nitrogens with one attached hydrogen (secondary N) is 3. The van der Waals surface area contributed by atoms with Gasteiger partial charge < -0.3 is 41.4 Å². The SMILES string of the molecule is CC1CC2NC3C(=O)NC(=O)NC3N(C[C@@H]([O-])[C@@H](O)[C@@H](O)COP(=O)(O)O)C2CC1C.O.O.[Na+]. The largest absolute Gasteiger partial charge is 1.00 e. The number of aliphatic hydroxyl groups is 2. The number of imide groups is 1. The molecule has 11 N–H and O–H groups in total. The summed E-state index contributed by atoms with van der Waals surface area (Å²) in [7, 11) is -4.87. The first-order valence-electron chi connectivity index (χ1n) is 10.2. The van der Waals surface area contributed by atoms with Gasteiger partial charge in [-0.25, -0.2) is 9.36 Å². The Morgan fingerprint density at radius 1 is 1.18 bits per heavy atom. The van der Waals surface area contributed by atoms with Crippen molar-refractivity contribution in [1.29, 1.82) is 0 Å². The molecule has 3 aliphatic rings. The number of aliphatic hydroxyl groups excluding tert-OH is 2. The predicted octanol–water partition coefficient (Wildman–Crippen LogP) is -7.86. The third-order valence-electron chi connectivity index (χ3n) is 6.55. The molecule has 3 rings (SSSR count). The minimum Gasteiger partial charge on any atom is -0.849 e. The Labute approximate surface area is 218 Å². The van der Waals surface area contributed by atoms with Crippen LogP contribution in [0.15, 0.2) is 0 Å². The molecule has 9 atom stereocenters. The van der Waals surface area contributed by atoms with Gasteiger partial charge in [-0.2, -0.15) is 0 Å². The van der Waals surface area contributed by atoms with E-state index in [9.17, 15) is 29.5 Å². The van der Waals surface area contributed by atoms with E-state index >= 15 is 0 Å². The van der Waals surface area contributed by atoms with Gasteiger partial charge in [-0.1, -0.05) is 20.0 Å². The summed E-state index contributed by atoms with van der Waals surface area (Å²) in [6.45, 7) is 2.98. The molecule has 3 amide bonds. The summed E-state index contributed by atoms with van der Waals surface area (Å²) in [6, 6.07) is -1.77. The van der Waals surface area contributed by atoms with E-state index < -0.39 is 56.9 Å². The fourth-order valence-electron chi connectivity index (χ4n) is 4.66. The molecule has 0 radical (unpaired) electrons. The Balaban J connectivity index is 0.00000363. The second-order valence-electron chi connectivity index (χ2n) is 8.73. The second-order valence-corrected chi connectivity index (χ2v) is 9.97. The number of fused-ring (bicyclic) bond motifs is 2. The molecule has 1 aliphatic carbocycles. The number of hydrogen-bond acceptors (Lipinski definition) is 9. The molecule has 15 nitrogen and oxygen atoms in total.